The Balaban J connectivity index is 2.58. The van der Waals surface area contributed by atoms with E-state index >= 15 is 0 Å². The summed E-state index contributed by atoms with van der Waals surface area (Å²) in [5.41, 5.74) is 8.33. The van der Waals surface area contributed by atoms with E-state index in [-0.39, 0.29) is 6.04 Å². The third-order valence-corrected chi connectivity index (χ3v) is 2.77. The maximum Gasteiger partial charge on any atom is 0.0630 e. The summed E-state index contributed by atoms with van der Waals surface area (Å²) in [7, 11) is 3.79. The number of hydrogen-bond donors (Lipinski definition) is 1. The molecule has 1 aromatic rings. The fraction of sp³-hybridized carbons (Fsp3) is 0.538. The third-order valence-electron chi connectivity index (χ3n) is 2.77. The lowest BCUT2D eigenvalue weighted by atomic mass is 10.1. The van der Waals surface area contributed by atoms with Crippen LogP contribution in [0.15, 0.2) is 24.3 Å². The molecule has 0 amide bonds. The summed E-state index contributed by atoms with van der Waals surface area (Å²) in [6.45, 7) is 4.32. The molecule has 0 saturated carbocycles. The van der Waals surface area contributed by atoms with Crippen molar-refractivity contribution >= 4 is 0 Å². The highest BCUT2D eigenvalue weighted by Crippen LogP contribution is 2.08. The summed E-state index contributed by atoms with van der Waals surface area (Å²) in [4.78, 5) is 2.23. The Morgan fingerprint density at radius 1 is 1.44 bits per heavy atom. The Morgan fingerprint density at radius 2 is 2.19 bits per heavy atom. The van der Waals surface area contributed by atoms with Gasteiger partial charge in [-0.2, -0.15) is 0 Å². The van der Waals surface area contributed by atoms with Crippen molar-refractivity contribution in [2.45, 2.75) is 19.5 Å². The van der Waals surface area contributed by atoms with Gasteiger partial charge in [0.05, 0.1) is 6.61 Å². The van der Waals surface area contributed by atoms with Gasteiger partial charge in [0.2, 0.25) is 0 Å². The van der Waals surface area contributed by atoms with E-state index in [9.17, 15) is 0 Å². The zero-order valence-electron chi connectivity index (χ0n) is 10.4. The van der Waals surface area contributed by atoms with Crippen molar-refractivity contribution in [1.29, 1.82) is 0 Å². The van der Waals surface area contributed by atoms with E-state index in [4.69, 9.17) is 10.5 Å². The van der Waals surface area contributed by atoms with Crippen LogP contribution in [0.3, 0.4) is 0 Å². The molecule has 1 aromatic carbocycles. The summed E-state index contributed by atoms with van der Waals surface area (Å²) >= 11 is 0. The first kappa shape index (κ1) is 13.2. The Morgan fingerprint density at radius 3 is 2.75 bits per heavy atom. The second-order valence-corrected chi connectivity index (χ2v) is 4.25. The number of likely N-dealkylation sites (N-methyl/N-ethyl adjacent to an activating group) is 1. The lowest BCUT2D eigenvalue weighted by Gasteiger charge is -2.26. The highest BCUT2D eigenvalue weighted by atomic mass is 16.5. The maximum absolute atomic E-state index is 5.72. The predicted octanol–water partition coefficient (Wildman–Crippen LogP) is 1.40. The van der Waals surface area contributed by atoms with E-state index in [1.54, 1.807) is 7.11 Å². The average Bonchev–Trinajstić information content (AvgIpc) is 2.25. The normalized spacial score (nSPS) is 13.1. The van der Waals surface area contributed by atoms with Crippen LogP contribution in [-0.2, 0) is 11.3 Å². The number of hydrogen-bond acceptors (Lipinski definition) is 3. The lowest BCUT2D eigenvalue weighted by Crippen LogP contribution is -2.40. The van der Waals surface area contributed by atoms with Crippen molar-refractivity contribution in [2.75, 3.05) is 27.3 Å². The predicted molar refractivity (Wildman–Crippen MR) is 67.4 cm³/mol. The number of benzene rings is 1. The van der Waals surface area contributed by atoms with Crippen LogP contribution in [0.25, 0.3) is 0 Å². The van der Waals surface area contributed by atoms with Crippen LogP contribution < -0.4 is 5.73 Å². The molecule has 0 spiro atoms. The largest absolute Gasteiger partial charge is 0.383 e. The van der Waals surface area contributed by atoms with Gasteiger partial charge in [-0.3, -0.25) is 4.90 Å². The van der Waals surface area contributed by atoms with Gasteiger partial charge in [-0.25, -0.2) is 0 Å². The highest BCUT2D eigenvalue weighted by molar-refractivity contribution is 5.22. The maximum atomic E-state index is 5.72. The fourth-order valence-electron chi connectivity index (χ4n) is 1.80. The smallest absolute Gasteiger partial charge is 0.0630 e. The SMILES string of the molecule is COCC(CN)N(C)Cc1cccc(C)c1. The average molecular weight is 222 g/mol. The summed E-state index contributed by atoms with van der Waals surface area (Å²) < 4.78 is 5.16. The van der Waals surface area contributed by atoms with Crippen LogP contribution in [0.2, 0.25) is 0 Å². The monoisotopic (exact) mass is 222 g/mol. The molecule has 0 aliphatic rings. The fourth-order valence-corrected chi connectivity index (χ4v) is 1.80. The van der Waals surface area contributed by atoms with Crippen LogP contribution in [-0.4, -0.2) is 38.3 Å². The van der Waals surface area contributed by atoms with Crippen LogP contribution in [0.1, 0.15) is 11.1 Å². The molecule has 1 unspecified atom stereocenters. The van der Waals surface area contributed by atoms with Gasteiger partial charge in [0.1, 0.15) is 0 Å². The minimum absolute atomic E-state index is 0.283. The second-order valence-electron chi connectivity index (χ2n) is 4.25. The minimum atomic E-state index is 0.283. The summed E-state index contributed by atoms with van der Waals surface area (Å²) in [6, 6.07) is 8.83. The molecule has 0 aliphatic carbocycles. The number of rotatable bonds is 6. The Hall–Kier alpha value is -0.900. The first-order valence-corrected chi connectivity index (χ1v) is 5.62. The first-order chi connectivity index (χ1) is 7.67. The number of aryl methyl sites for hydroxylation is 1. The van der Waals surface area contributed by atoms with Gasteiger partial charge in [0.25, 0.3) is 0 Å². The molecule has 1 atom stereocenters. The van der Waals surface area contributed by atoms with E-state index in [1.807, 2.05) is 0 Å². The van der Waals surface area contributed by atoms with E-state index < -0.39 is 0 Å². The molecule has 0 aliphatic heterocycles. The van der Waals surface area contributed by atoms with Crippen molar-refractivity contribution in [3.8, 4) is 0 Å². The molecular weight excluding hydrogens is 200 g/mol. The molecule has 1 rings (SSSR count). The molecular formula is C13H22N2O. The molecule has 0 fully saturated rings. The van der Waals surface area contributed by atoms with Crippen molar-refractivity contribution in [1.82, 2.24) is 4.90 Å². The highest BCUT2D eigenvalue weighted by Gasteiger charge is 2.12. The molecule has 0 bridgehead atoms. The van der Waals surface area contributed by atoms with Crippen molar-refractivity contribution < 1.29 is 4.74 Å². The molecule has 90 valence electrons. The van der Waals surface area contributed by atoms with Crippen molar-refractivity contribution in [3.05, 3.63) is 35.4 Å². The molecule has 0 radical (unpaired) electrons. The standard InChI is InChI=1S/C13H22N2O/c1-11-5-4-6-12(7-11)9-15(2)13(8-14)10-16-3/h4-7,13H,8-10,14H2,1-3H3. The van der Waals surface area contributed by atoms with Gasteiger partial charge in [-0.05, 0) is 19.5 Å². The van der Waals surface area contributed by atoms with E-state index in [0.29, 0.717) is 13.2 Å². The Kier molecular flexibility index (Phi) is 5.46. The van der Waals surface area contributed by atoms with E-state index in [2.05, 4.69) is 43.1 Å². The zero-order valence-corrected chi connectivity index (χ0v) is 10.4. The summed E-state index contributed by atoms with van der Waals surface area (Å²) in [5.74, 6) is 0. The van der Waals surface area contributed by atoms with Gasteiger partial charge in [0.15, 0.2) is 0 Å². The molecule has 2 N–H and O–H groups in total. The molecule has 16 heavy (non-hydrogen) atoms. The molecule has 3 nitrogen and oxygen atoms in total. The zero-order chi connectivity index (χ0) is 12.0. The number of nitrogens with zero attached hydrogens (tertiary/aromatic N) is 1. The first-order valence-electron chi connectivity index (χ1n) is 5.62. The van der Waals surface area contributed by atoms with Crippen LogP contribution in [0, 0.1) is 6.92 Å². The van der Waals surface area contributed by atoms with Crippen LogP contribution in [0.5, 0.6) is 0 Å². The summed E-state index contributed by atoms with van der Waals surface area (Å²) in [6.07, 6.45) is 0. The van der Waals surface area contributed by atoms with Gasteiger partial charge in [-0.15, -0.1) is 0 Å². The Bertz CT molecular complexity index is 315. The molecule has 0 saturated heterocycles. The second kappa shape index (κ2) is 6.63. The minimum Gasteiger partial charge on any atom is -0.383 e. The summed E-state index contributed by atoms with van der Waals surface area (Å²) in [5, 5.41) is 0. The Labute approximate surface area is 98.2 Å². The van der Waals surface area contributed by atoms with Crippen molar-refractivity contribution in [3.63, 3.8) is 0 Å². The molecule has 0 aromatic heterocycles. The van der Waals surface area contributed by atoms with Crippen LogP contribution in [0.4, 0.5) is 0 Å². The number of nitrogens with two attached hydrogens (primary N) is 1. The lowest BCUT2D eigenvalue weighted by molar-refractivity contribution is 0.106. The molecule has 3 heteroatoms. The number of methoxy groups -OCH3 is 1. The van der Waals surface area contributed by atoms with Gasteiger partial charge in [0, 0.05) is 26.2 Å². The van der Waals surface area contributed by atoms with Gasteiger partial charge in [-0.1, -0.05) is 29.8 Å². The van der Waals surface area contributed by atoms with Gasteiger partial charge >= 0.3 is 0 Å². The van der Waals surface area contributed by atoms with E-state index in [0.717, 1.165) is 6.54 Å². The number of ether oxygens (including phenoxy) is 1. The van der Waals surface area contributed by atoms with Gasteiger partial charge < -0.3 is 10.5 Å². The topological polar surface area (TPSA) is 38.5 Å². The quantitative estimate of drug-likeness (QED) is 0.790. The van der Waals surface area contributed by atoms with Crippen molar-refractivity contribution in [2.24, 2.45) is 5.73 Å². The van der Waals surface area contributed by atoms with E-state index in [1.165, 1.54) is 11.1 Å². The van der Waals surface area contributed by atoms with Crippen LogP contribution >= 0.6 is 0 Å². The molecule has 0 heterocycles. The third kappa shape index (κ3) is 3.93.